The molecule has 1 amide bonds. The van der Waals surface area contributed by atoms with Crippen LogP contribution in [-0.4, -0.2) is 37.4 Å². The Kier molecular flexibility index (Phi) is 5.43. The molecule has 162 valence electrons. The van der Waals surface area contributed by atoms with Crippen LogP contribution in [-0.2, 0) is 13.1 Å². The third-order valence-electron chi connectivity index (χ3n) is 5.97. The van der Waals surface area contributed by atoms with Crippen molar-refractivity contribution in [2.45, 2.75) is 52.7 Å². The first-order chi connectivity index (χ1) is 14.8. The fourth-order valence-corrected chi connectivity index (χ4v) is 3.96. The van der Waals surface area contributed by atoms with E-state index in [0.717, 1.165) is 28.7 Å². The van der Waals surface area contributed by atoms with Gasteiger partial charge in [-0.1, -0.05) is 30.3 Å². The van der Waals surface area contributed by atoms with Crippen LogP contribution in [0, 0.1) is 12.8 Å². The van der Waals surface area contributed by atoms with Gasteiger partial charge in [-0.05, 0) is 62.8 Å². The Balaban J connectivity index is 1.87. The number of amides is 1. The molecule has 3 aromatic rings. The topological polar surface area (TPSA) is 84.5 Å². The van der Waals surface area contributed by atoms with Crippen LogP contribution in [0.25, 0.3) is 10.9 Å². The van der Waals surface area contributed by atoms with Gasteiger partial charge in [-0.25, -0.2) is 9.59 Å². The Morgan fingerprint density at radius 3 is 2.45 bits per heavy atom. The Labute approximate surface area is 180 Å². The van der Waals surface area contributed by atoms with Crippen molar-refractivity contribution in [1.82, 2.24) is 14.3 Å². The maximum absolute atomic E-state index is 13.7. The van der Waals surface area contributed by atoms with Crippen LogP contribution >= 0.6 is 0 Å². The van der Waals surface area contributed by atoms with E-state index in [1.165, 1.54) is 6.07 Å². The summed E-state index contributed by atoms with van der Waals surface area (Å²) in [4.78, 5) is 40.6. The van der Waals surface area contributed by atoms with Gasteiger partial charge in [-0.3, -0.25) is 9.48 Å². The van der Waals surface area contributed by atoms with E-state index in [9.17, 15) is 19.5 Å². The zero-order valence-electron chi connectivity index (χ0n) is 18.0. The largest absolute Gasteiger partial charge is 0.478 e. The summed E-state index contributed by atoms with van der Waals surface area (Å²) in [7, 11) is 0. The highest BCUT2D eigenvalue weighted by molar-refractivity contribution is 6.02. The zero-order valence-corrected chi connectivity index (χ0v) is 18.0. The Morgan fingerprint density at radius 2 is 1.84 bits per heavy atom. The van der Waals surface area contributed by atoms with E-state index in [1.54, 1.807) is 21.7 Å². The summed E-state index contributed by atoms with van der Waals surface area (Å²) in [5.41, 5.74) is 1.96. The van der Waals surface area contributed by atoms with Gasteiger partial charge in [-0.15, -0.1) is 0 Å². The van der Waals surface area contributed by atoms with E-state index >= 15 is 0 Å². The van der Waals surface area contributed by atoms with E-state index in [4.69, 9.17) is 0 Å². The molecular weight excluding hydrogens is 394 g/mol. The highest BCUT2D eigenvalue weighted by Gasteiger charge is 2.31. The second kappa shape index (κ2) is 8.06. The minimum atomic E-state index is -1.11. The normalized spacial score (nSPS) is 13.7. The number of carboxylic acids is 1. The third-order valence-corrected chi connectivity index (χ3v) is 5.97. The van der Waals surface area contributed by atoms with Crippen molar-refractivity contribution in [2.75, 3.05) is 0 Å². The minimum Gasteiger partial charge on any atom is -0.478 e. The monoisotopic (exact) mass is 421 g/mol. The molecule has 1 fully saturated rings. The molecule has 0 spiro atoms. The number of carbonyl (C=O) groups excluding carboxylic acids is 1. The summed E-state index contributed by atoms with van der Waals surface area (Å²) in [6.07, 6.45) is 2.02. The van der Waals surface area contributed by atoms with E-state index in [-0.39, 0.29) is 17.0 Å². The number of fused-ring (bicyclic) bond motifs is 1. The highest BCUT2D eigenvalue weighted by atomic mass is 16.4. The summed E-state index contributed by atoms with van der Waals surface area (Å²) in [6.45, 7) is 6.64. The average Bonchev–Trinajstić information content (AvgIpc) is 3.50. The number of benzene rings is 2. The number of hydrogen-bond donors (Lipinski definition) is 1. The maximum Gasteiger partial charge on any atom is 0.346 e. The number of para-hydroxylation sites is 1. The van der Waals surface area contributed by atoms with E-state index in [1.807, 2.05) is 45.0 Å². The molecule has 1 saturated carbocycles. The molecule has 7 nitrogen and oxygen atoms in total. The molecule has 0 radical (unpaired) electrons. The first kappa shape index (κ1) is 20.9. The van der Waals surface area contributed by atoms with E-state index in [0.29, 0.717) is 24.5 Å². The molecule has 2 aromatic carbocycles. The molecule has 0 aliphatic heterocycles. The molecular formula is C24H27N3O4. The molecule has 0 unspecified atom stereocenters. The van der Waals surface area contributed by atoms with Gasteiger partial charge in [0.05, 0.1) is 16.5 Å². The van der Waals surface area contributed by atoms with Crippen molar-refractivity contribution in [3.63, 3.8) is 0 Å². The van der Waals surface area contributed by atoms with Crippen molar-refractivity contribution in [3.05, 3.63) is 69.5 Å². The SMILES string of the molecule is Cc1ccccc1CN(C(=O)n1c(=O)c2cccc(C(=O)O)c2n1CC1CC1)C(C)C. The van der Waals surface area contributed by atoms with Crippen molar-refractivity contribution in [3.8, 4) is 0 Å². The number of hydrogen-bond acceptors (Lipinski definition) is 3. The van der Waals surface area contributed by atoms with Crippen LogP contribution in [0.15, 0.2) is 47.3 Å². The number of aromatic nitrogens is 2. The maximum atomic E-state index is 13.7. The Morgan fingerprint density at radius 1 is 1.13 bits per heavy atom. The van der Waals surface area contributed by atoms with Crippen molar-refractivity contribution >= 4 is 22.9 Å². The number of rotatable bonds is 6. The molecule has 1 aliphatic rings. The fourth-order valence-electron chi connectivity index (χ4n) is 3.96. The van der Waals surface area contributed by atoms with Crippen LogP contribution in [0.3, 0.4) is 0 Å². The number of carboxylic acid groups (broad SMARTS) is 1. The second-order valence-electron chi connectivity index (χ2n) is 8.58. The lowest BCUT2D eigenvalue weighted by atomic mass is 10.1. The van der Waals surface area contributed by atoms with Gasteiger partial charge in [0.15, 0.2) is 0 Å². The van der Waals surface area contributed by atoms with Gasteiger partial charge in [-0.2, -0.15) is 4.68 Å². The van der Waals surface area contributed by atoms with Gasteiger partial charge in [0.25, 0.3) is 5.56 Å². The molecule has 4 rings (SSSR count). The number of aromatic carboxylic acids is 1. The molecule has 0 saturated heterocycles. The van der Waals surface area contributed by atoms with Crippen molar-refractivity contribution in [1.29, 1.82) is 0 Å². The minimum absolute atomic E-state index is 0.0387. The molecule has 31 heavy (non-hydrogen) atoms. The standard InChI is InChI=1S/C24H27N3O4/c1-15(2)25(14-18-8-5-4-7-16(18)3)24(31)27-22(28)19-9-6-10-20(23(29)30)21(19)26(27)13-17-11-12-17/h4-10,15,17H,11-14H2,1-3H3,(H,29,30). The van der Waals surface area contributed by atoms with Crippen molar-refractivity contribution in [2.24, 2.45) is 5.92 Å². The van der Waals surface area contributed by atoms with Gasteiger partial charge in [0.2, 0.25) is 0 Å². The first-order valence-corrected chi connectivity index (χ1v) is 10.6. The Bertz CT molecular complexity index is 1220. The van der Waals surface area contributed by atoms with Crippen LogP contribution < -0.4 is 5.56 Å². The summed E-state index contributed by atoms with van der Waals surface area (Å²) in [5.74, 6) is -0.764. The van der Waals surface area contributed by atoms with Gasteiger partial charge < -0.3 is 10.0 Å². The van der Waals surface area contributed by atoms with Gasteiger partial charge in [0, 0.05) is 19.1 Å². The molecule has 0 bridgehead atoms. The summed E-state index contributed by atoms with van der Waals surface area (Å²) in [5, 5.41) is 9.96. The fraction of sp³-hybridized carbons (Fsp3) is 0.375. The zero-order chi connectivity index (χ0) is 22.3. The predicted molar refractivity (Wildman–Crippen MR) is 119 cm³/mol. The van der Waals surface area contributed by atoms with Crippen LogP contribution in [0.4, 0.5) is 4.79 Å². The smallest absolute Gasteiger partial charge is 0.346 e. The molecule has 1 N–H and O–H groups in total. The summed E-state index contributed by atoms with van der Waals surface area (Å²) < 4.78 is 2.74. The highest BCUT2D eigenvalue weighted by Crippen LogP contribution is 2.32. The molecule has 0 atom stereocenters. The average molecular weight is 421 g/mol. The summed E-state index contributed by atoms with van der Waals surface area (Å²) in [6, 6.07) is 11.9. The third kappa shape index (κ3) is 3.87. The molecule has 7 heteroatoms. The van der Waals surface area contributed by atoms with Crippen LogP contribution in [0.2, 0.25) is 0 Å². The second-order valence-corrected chi connectivity index (χ2v) is 8.58. The van der Waals surface area contributed by atoms with Gasteiger partial charge in [0.1, 0.15) is 0 Å². The number of aryl methyl sites for hydroxylation is 1. The lowest BCUT2D eigenvalue weighted by molar-refractivity contribution is 0.0698. The van der Waals surface area contributed by atoms with Crippen LogP contribution in [0.1, 0.15) is 48.2 Å². The Hall–Kier alpha value is -3.35. The van der Waals surface area contributed by atoms with E-state index < -0.39 is 17.6 Å². The first-order valence-electron chi connectivity index (χ1n) is 10.6. The summed E-state index contributed by atoms with van der Waals surface area (Å²) >= 11 is 0. The van der Waals surface area contributed by atoms with Gasteiger partial charge >= 0.3 is 12.0 Å². The predicted octanol–water partition coefficient (Wildman–Crippen LogP) is 4.10. The van der Waals surface area contributed by atoms with E-state index in [2.05, 4.69) is 0 Å². The molecule has 1 heterocycles. The lowest BCUT2D eigenvalue weighted by Crippen LogP contribution is -2.45. The number of carbonyl (C=O) groups is 2. The molecule has 1 aromatic heterocycles. The van der Waals surface area contributed by atoms with Crippen LogP contribution in [0.5, 0.6) is 0 Å². The molecule has 1 aliphatic carbocycles. The lowest BCUT2D eigenvalue weighted by Gasteiger charge is -2.28. The van der Waals surface area contributed by atoms with Crippen molar-refractivity contribution < 1.29 is 14.7 Å². The quantitative estimate of drug-likeness (QED) is 0.649. The number of nitrogens with zero attached hydrogens (tertiary/aromatic N) is 3.